The van der Waals surface area contributed by atoms with Gasteiger partial charge in [-0.1, -0.05) is 29.4 Å². The molecule has 0 aliphatic rings. The first-order valence-electron chi connectivity index (χ1n) is 3.39. The zero-order valence-corrected chi connectivity index (χ0v) is 8.52. The molecule has 1 nitrogen and oxygen atoms in total. The third kappa shape index (κ3) is 2.18. The van der Waals surface area contributed by atoms with Crippen molar-refractivity contribution in [1.29, 1.82) is 0 Å². The van der Waals surface area contributed by atoms with Crippen LogP contribution >= 0.6 is 23.2 Å². The predicted molar refractivity (Wildman–Crippen MR) is 50.6 cm³/mol. The molecule has 0 radical (unpaired) electrons. The van der Waals surface area contributed by atoms with Gasteiger partial charge in [-0.25, -0.2) is 0 Å². The van der Waals surface area contributed by atoms with Crippen LogP contribution in [0.4, 0.5) is 0 Å². The normalized spacial score (nSPS) is 9.69. The van der Waals surface area contributed by atoms with Crippen molar-refractivity contribution in [2.45, 2.75) is 0 Å². The number of hydrogen-bond acceptors (Lipinski definition) is 1. The Morgan fingerprint density at radius 2 is 2.00 bits per heavy atom. The zero-order chi connectivity index (χ0) is 8.55. The van der Waals surface area contributed by atoms with Crippen LogP contribution in [0.5, 0.6) is 0 Å². The molecule has 0 unspecified atom stereocenters. The monoisotopic (exact) mass is 203 g/mol. The van der Waals surface area contributed by atoms with Crippen molar-refractivity contribution in [3.63, 3.8) is 0 Å². The van der Waals surface area contributed by atoms with E-state index in [9.17, 15) is 0 Å². The second kappa shape index (κ2) is 4.35. The van der Waals surface area contributed by atoms with Crippen molar-refractivity contribution < 1.29 is 18.9 Å². The van der Waals surface area contributed by atoms with Crippen LogP contribution in [0, 0.1) is 6.07 Å². The summed E-state index contributed by atoms with van der Waals surface area (Å²) in [6.45, 7) is 0. The molecular formula is C9H4Cl2LiN. The van der Waals surface area contributed by atoms with Crippen LogP contribution in [0.3, 0.4) is 0 Å². The largest absolute Gasteiger partial charge is 1.00 e. The van der Waals surface area contributed by atoms with Crippen LogP contribution in [0.25, 0.3) is 10.9 Å². The van der Waals surface area contributed by atoms with Gasteiger partial charge in [0.2, 0.25) is 0 Å². The molecule has 4 heteroatoms. The second-order valence-electron chi connectivity index (χ2n) is 2.37. The summed E-state index contributed by atoms with van der Waals surface area (Å²) in [6, 6.07) is 8.19. The Morgan fingerprint density at radius 1 is 1.23 bits per heavy atom. The van der Waals surface area contributed by atoms with Gasteiger partial charge in [-0.3, -0.25) is 0 Å². The van der Waals surface area contributed by atoms with E-state index in [2.05, 4.69) is 11.1 Å². The third-order valence-electron chi connectivity index (χ3n) is 1.55. The number of halogens is 2. The SMILES string of the molecule is Clc1cc(Cl)c2ncc[c-]c2c1.[Li+]. The first-order chi connectivity index (χ1) is 5.77. The van der Waals surface area contributed by atoms with Crippen LogP contribution in [0.2, 0.25) is 10.0 Å². The van der Waals surface area contributed by atoms with E-state index in [1.807, 2.05) is 0 Å². The zero-order valence-electron chi connectivity index (χ0n) is 7.01. The Bertz CT molecular complexity index is 431. The Hall–Kier alpha value is -0.193. The molecule has 0 saturated heterocycles. The Labute approximate surface area is 98.2 Å². The standard InChI is InChI=1S/C9H4Cl2N.Li/c10-7-4-6-2-1-3-12-9(6)8(11)5-7;/h1,3-5H;/q-1;+1. The summed E-state index contributed by atoms with van der Waals surface area (Å²) in [5.74, 6) is 0. The topological polar surface area (TPSA) is 12.9 Å². The van der Waals surface area contributed by atoms with Crippen LogP contribution in [-0.2, 0) is 0 Å². The molecular weight excluding hydrogens is 200 g/mol. The van der Waals surface area contributed by atoms with Crippen LogP contribution in [-0.4, -0.2) is 4.98 Å². The molecule has 0 aliphatic heterocycles. The Balaban J connectivity index is 0.000000845. The van der Waals surface area contributed by atoms with E-state index >= 15 is 0 Å². The smallest absolute Gasteiger partial charge is 0.351 e. The Kier molecular flexibility index (Phi) is 3.64. The first-order valence-corrected chi connectivity index (χ1v) is 4.14. The second-order valence-corrected chi connectivity index (χ2v) is 3.22. The van der Waals surface area contributed by atoms with Crippen molar-refractivity contribution in [1.82, 2.24) is 4.98 Å². The van der Waals surface area contributed by atoms with E-state index in [1.54, 1.807) is 24.4 Å². The summed E-state index contributed by atoms with van der Waals surface area (Å²) >= 11 is 11.7. The molecule has 0 aliphatic carbocycles. The maximum atomic E-state index is 5.90. The molecule has 0 N–H and O–H groups in total. The fourth-order valence-electron chi connectivity index (χ4n) is 1.05. The molecule has 60 valence electrons. The molecule has 0 spiro atoms. The molecule has 2 rings (SSSR count). The fraction of sp³-hybridized carbons (Fsp3) is 0. The van der Waals surface area contributed by atoms with E-state index in [0.717, 1.165) is 10.9 Å². The number of nitrogens with zero attached hydrogens (tertiary/aromatic N) is 1. The number of aromatic nitrogens is 1. The van der Waals surface area contributed by atoms with Crippen molar-refractivity contribution >= 4 is 34.1 Å². The molecule has 0 fully saturated rings. The van der Waals surface area contributed by atoms with Gasteiger partial charge in [-0.15, -0.1) is 23.6 Å². The summed E-state index contributed by atoms with van der Waals surface area (Å²) in [5.41, 5.74) is 0.739. The molecule has 1 aromatic heterocycles. The molecule has 0 atom stereocenters. The van der Waals surface area contributed by atoms with Gasteiger partial charge < -0.3 is 4.98 Å². The van der Waals surface area contributed by atoms with E-state index in [4.69, 9.17) is 23.2 Å². The van der Waals surface area contributed by atoms with Gasteiger partial charge in [0.05, 0.1) is 0 Å². The van der Waals surface area contributed by atoms with Crippen molar-refractivity contribution in [2.75, 3.05) is 0 Å². The van der Waals surface area contributed by atoms with Gasteiger partial charge in [-0.2, -0.15) is 0 Å². The molecule has 0 amide bonds. The summed E-state index contributed by atoms with van der Waals surface area (Å²) in [4.78, 5) is 4.10. The fourth-order valence-corrected chi connectivity index (χ4v) is 1.59. The summed E-state index contributed by atoms with van der Waals surface area (Å²) in [5, 5.41) is 2.01. The minimum Gasteiger partial charge on any atom is -0.351 e. The van der Waals surface area contributed by atoms with Crippen LogP contribution < -0.4 is 18.9 Å². The molecule has 0 saturated carbocycles. The van der Waals surface area contributed by atoms with E-state index in [0.29, 0.717) is 10.0 Å². The molecule has 0 bridgehead atoms. The Morgan fingerprint density at radius 3 is 2.77 bits per heavy atom. The van der Waals surface area contributed by atoms with Crippen LogP contribution in [0.15, 0.2) is 24.4 Å². The minimum atomic E-state index is 0. The van der Waals surface area contributed by atoms with E-state index in [-0.39, 0.29) is 18.9 Å². The maximum absolute atomic E-state index is 5.90. The van der Waals surface area contributed by atoms with E-state index in [1.165, 1.54) is 0 Å². The van der Waals surface area contributed by atoms with E-state index < -0.39 is 0 Å². The van der Waals surface area contributed by atoms with Gasteiger partial charge in [0.15, 0.2) is 0 Å². The average Bonchev–Trinajstić information content (AvgIpc) is 2.04. The van der Waals surface area contributed by atoms with Gasteiger partial charge in [0, 0.05) is 10.0 Å². The minimum absolute atomic E-state index is 0. The number of benzene rings is 1. The summed E-state index contributed by atoms with van der Waals surface area (Å²) in [6.07, 6.45) is 1.65. The molecule has 1 aromatic carbocycles. The number of pyridine rings is 1. The van der Waals surface area contributed by atoms with Gasteiger partial charge in [-0.05, 0) is 11.6 Å². The number of fused-ring (bicyclic) bond motifs is 1. The summed E-state index contributed by atoms with van der Waals surface area (Å²) in [7, 11) is 0. The maximum Gasteiger partial charge on any atom is 1.00 e. The number of rotatable bonds is 0. The number of hydrogen-bond donors (Lipinski definition) is 0. The molecule has 13 heavy (non-hydrogen) atoms. The van der Waals surface area contributed by atoms with Crippen molar-refractivity contribution in [3.05, 3.63) is 40.5 Å². The predicted octanol–water partition coefficient (Wildman–Crippen LogP) is 0.346. The molecule has 1 heterocycles. The van der Waals surface area contributed by atoms with Gasteiger partial charge in [0.25, 0.3) is 0 Å². The van der Waals surface area contributed by atoms with Crippen molar-refractivity contribution in [2.24, 2.45) is 0 Å². The van der Waals surface area contributed by atoms with Gasteiger partial charge in [0.1, 0.15) is 0 Å². The first kappa shape index (κ1) is 10.9. The average molecular weight is 204 g/mol. The van der Waals surface area contributed by atoms with Gasteiger partial charge >= 0.3 is 18.9 Å². The third-order valence-corrected chi connectivity index (χ3v) is 2.05. The molecule has 2 aromatic rings. The summed E-state index contributed by atoms with van der Waals surface area (Å²) < 4.78 is 0. The van der Waals surface area contributed by atoms with Crippen LogP contribution in [0.1, 0.15) is 0 Å². The van der Waals surface area contributed by atoms with Crippen molar-refractivity contribution in [3.8, 4) is 0 Å². The quantitative estimate of drug-likeness (QED) is 0.445.